The van der Waals surface area contributed by atoms with Crippen molar-refractivity contribution in [2.75, 3.05) is 12.3 Å². The fraction of sp³-hybridized carbons (Fsp3) is 0.667. The first-order valence-electron chi connectivity index (χ1n) is 6.33. The highest BCUT2D eigenvalue weighted by Crippen LogP contribution is 2.21. The molecule has 0 bridgehead atoms. The van der Waals surface area contributed by atoms with Gasteiger partial charge in [0.2, 0.25) is 5.91 Å². The molecule has 0 saturated carbocycles. The highest BCUT2D eigenvalue weighted by molar-refractivity contribution is 5.75. The standard InChI is InChI=1S/C12H19F3N4O/c1-8-11(16)9(2)19(18-8)7-10(20)17-6-4-3-5-12(13,14)15/h3-7,16H2,1-2H3,(H,17,20). The molecule has 114 valence electrons. The molecule has 20 heavy (non-hydrogen) atoms. The predicted molar refractivity (Wildman–Crippen MR) is 69.0 cm³/mol. The average Bonchev–Trinajstić information content (AvgIpc) is 2.55. The van der Waals surface area contributed by atoms with Gasteiger partial charge in [0.05, 0.1) is 17.1 Å². The van der Waals surface area contributed by atoms with E-state index >= 15 is 0 Å². The maximum atomic E-state index is 11.9. The van der Waals surface area contributed by atoms with Crippen molar-refractivity contribution in [3.8, 4) is 0 Å². The number of alkyl halides is 3. The number of carbonyl (C=O) groups is 1. The van der Waals surface area contributed by atoms with Crippen molar-refractivity contribution in [3.63, 3.8) is 0 Å². The maximum absolute atomic E-state index is 11.9. The minimum absolute atomic E-state index is 0.0105. The smallest absolute Gasteiger partial charge is 0.389 e. The maximum Gasteiger partial charge on any atom is 0.389 e. The van der Waals surface area contributed by atoms with Crippen LogP contribution in [0.2, 0.25) is 0 Å². The summed E-state index contributed by atoms with van der Waals surface area (Å²) in [5.74, 6) is -0.289. The second-order valence-electron chi connectivity index (χ2n) is 4.66. The monoisotopic (exact) mass is 292 g/mol. The molecule has 0 spiro atoms. The van der Waals surface area contributed by atoms with Crippen LogP contribution in [0.25, 0.3) is 0 Å². The van der Waals surface area contributed by atoms with Crippen molar-refractivity contribution >= 4 is 11.6 Å². The summed E-state index contributed by atoms with van der Waals surface area (Å²) in [6, 6.07) is 0. The van der Waals surface area contributed by atoms with Crippen LogP contribution in [0.15, 0.2) is 0 Å². The first-order chi connectivity index (χ1) is 9.20. The molecule has 0 aliphatic carbocycles. The molecule has 1 rings (SSSR count). The molecule has 3 N–H and O–H groups in total. The largest absolute Gasteiger partial charge is 0.396 e. The van der Waals surface area contributed by atoms with E-state index < -0.39 is 12.6 Å². The van der Waals surface area contributed by atoms with E-state index in [0.29, 0.717) is 23.5 Å². The summed E-state index contributed by atoms with van der Waals surface area (Å²) < 4.78 is 37.2. The number of aromatic nitrogens is 2. The van der Waals surface area contributed by atoms with Crippen molar-refractivity contribution in [2.45, 2.75) is 45.8 Å². The molecule has 0 fully saturated rings. The van der Waals surface area contributed by atoms with Crippen LogP contribution < -0.4 is 11.1 Å². The van der Waals surface area contributed by atoms with Gasteiger partial charge in [-0.3, -0.25) is 9.48 Å². The van der Waals surface area contributed by atoms with Gasteiger partial charge in [-0.1, -0.05) is 0 Å². The number of nitrogen functional groups attached to an aromatic ring is 1. The molecule has 5 nitrogen and oxygen atoms in total. The molecule has 1 aromatic heterocycles. The number of anilines is 1. The Bertz CT molecular complexity index is 468. The van der Waals surface area contributed by atoms with Crippen LogP contribution in [0.4, 0.5) is 18.9 Å². The van der Waals surface area contributed by atoms with Crippen molar-refractivity contribution in [3.05, 3.63) is 11.4 Å². The van der Waals surface area contributed by atoms with Gasteiger partial charge in [0, 0.05) is 13.0 Å². The molecule has 8 heteroatoms. The number of nitrogens with one attached hydrogen (secondary N) is 1. The Morgan fingerprint density at radius 2 is 2.00 bits per heavy atom. The van der Waals surface area contributed by atoms with Crippen LogP contribution in [0.3, 0.4) is 0 Å². The number of rotatable bonds is 6. The van der Waals surface area contributed by atoms with Crippen LogP contribution in [-0.4, -0.2) is 28.4 Å². The lowest BCUT2D eigenvalue weighted by Crippen LogP contribution is -2.29. The summed E-state index contributed by atoms with van der Waals surface area (Å²) in [7, 11) is 0. The van der Waals surface area contributed by atoms with E-state index in [0.717, 1.165) is 0 Å². The van der Waals surface area contributed by atoms with Crippen LogP contribution in [-0.2, 0) is 11.3 Å². The highest BCUT2D eigenvalue weighted by Gasteiger charge is 2.25. The van der Waals surface area contributed by atoms with Crippen LogP contribution in [0, 0.1) is 13.8 Å². The quantitative estimate of drug-likeness (QED) is 0.787. The van der Waals surface area contributed by atoms with Gasteiger partial charge in [0.25, 0.3) is 0 Å². The Balaban J connectivity index is 2.29. The SMILES string of the molecule is Cc1nn(CC(=O)NCCCCC(F)(F)F)c(C)c1N. The van der Waals surface area contributed by atoms with E-state index in [-0.39, 0.29) is 25.4 Å². The van der Waals surface area contributed by atoms with Crippen LogP contribution >= 0.6 is 0 Å². The number of amides is 1. The predicted octanol–water partition coefficient (Wildman–Crippen LogP) is 1.93. The number of unbranched alkanes of at least 4 members (excludes halogenated alkanes) is 1. The molecule has 0 aromatic carbocycles. The molecular weight excluding hydrogens is 273 g/mol. The minimum Gasteiger partial charge on any atom is -0.396 e. The van der Waals surface area contributed by atoms with Crippen molar-refractivity contribution < 1.29 is 18.0 Å². The first kappa shape index (κ1) is 16.3. The molecule has 0 radical (unpaired) electrons. The fourth-order valence-electron chi connectivity index (χ4n) is 1.73. The fourth-order valence-corrected chi connectivity index (χ4v) is 1.73. The second-order valence-corrected chi connectivity index (χ2v) is 4.66. The average molecular weight is 292 g/mol. The van der Waals surface area contributed by atoms with Gasteiger partial charge in [-0.05, 0) is 26.7 Å². The molecule has 0 aliphatic heterocycles. The summed E-state index contributed by atoms with van der Waals surface area (Å²) in [6.45, 7) is 3.74. The molecule has 1 aromatic rings. The van der Waals surface area contributed by atoms with Gasteiger partial charge in [-0.25, -0.2) is 0 Å². The van der Waals surface area contributed by atoms with E-state index in [4.69, 9.17) is 5.73 Å². The third kappa shape index (κ3) is 5.10. The van der Waals surface area contributed by atoms with Gasteiger partial charge in [-0.2, -0.15) is 18.3 Å². The van der Waals surface area contributed by atoms with Crippen LogP contribution in [0.1, 0.15) is 30.7 Å². The Hall–Kier alpha value is -1.73. The Morgan fingerprint density at radius 3 is 2.50 bits per heavy atom. The van der Waals surface area contributed by atoms with Gasteiger partial charge < -0.3 is 11.1 Å². The lowest BCUT2D eigenvalue weighted by atomic mass is 10.2. The number of nitrogens with two attached hydrogens (primary N) is 1. The van der Waals surface area contributed by atoms with E-state index in [1.54, 1.807) is 13.8 Å². The number of nitrogens with zero attached hydrogens (tertiary/aromatic N) is 2. The normalized spacial score (nSPS) is 11.7. The van der Waals surface area contributed by atoms with E-state index in [1.807, 2.05) is 0 Å². The molecule has 0 unspecified atom stereocenters. The molecule has 1 amide bonds. The van der Waals surface area contributed by atoms with Gasteiger partial charge in [0.1, 0.15) is 6.54 Å². The Morgan fingerprint density at radius 1 is 1.35 bits per heavy atom. The number of aryl methyl sites for hydroxylation is 1. The summed E-state index contributed by atoms with van der Waals surface area (Å²) in [4.78, 5) is 11.6. The number of carbonyl (C=O) groups excluding carboxylic acids is 1. The van der Waals surface area contributed by atoms with Gasteiger partial charge in [-0.15, -0.1) is 0 Å². The zero-order chi connectivity index (χ0) is 15.3. The Kier molecular flexibility index (Phi) is 5.41. The molecule has 0 saturated heterocycles. The Labute approximate surface area is 115 Å². The minimum atomic E-state index is -4.13. The first-order valence-corrected chi connectivity index (χ1v) is 6.33. The van der Waals surface area contributed by atoms with Crippen molar-refractivity contribution in [2.24, 2.45) is 0 Å². The second kappa shape index (κ2) is 6.62. The third-order valence-electron chi connectivity index (χ3n) is 2.94. The lowest BCUT2D eigenvalue weighted by molar-refractivity contribution is -0.135. The topological polar surface area (TPSA) is 72.9 Å². The van der Waals surface area contributed by atoms with E-state index in [9.17, 15) is 18.0 Å². The summed E-state index contributed by atoms with van der Waals surface area (Å²) >= 11 is 0. The summed E-state index contributed by atoms with van der Waals surface area (Å²) in [5.41, 5.74) is 7.64. The molecule has 1 heterocycles. The molecular formula is C12H19F3N4O. The van der Waals surface area contributed by atoms with Crippen molar-refractivity contribution in [1.82, 2.24) is 15.1 Å². The van der Waals surface area contributed by atoms with E-state index in [2.05, 4.69) is 10.4 Å². The third-order valence-corrected chi connectivity index (χ3v) is 2.94. The summed E-state index contributed by atoms with van der Waals surface area (Å²) in [5, 5.41) is 6.67. The van der Waals surface area contributed by atoms with Gasteiger partial charge in [0.15, 0.2) is 0 Å². The molecule has 0 atom stereocenters. The summed E-state index contributed by atoms with van der Waals surface area (Å²) in [6.07, 6.45) is -4.65. The lowest BCUT2D eigenvalue weighted by Gasteiger charge is -2.08. The number of hydrogen-bond acceptors (Lipinski definition) is 3. The van der Waals surface area contributed by atoms with Crippen molar-refractivity contribution in [1.29, 1.82) is 0 Å². The van der Waals surface area contributed by atoms with E-state index in [1.165, 1.54) is 4.68 Å². The number of halogens is 3. The highest BCUT2D eigenvalue weighted by atomic mass is 19.4. The van der Waals surface area contributed by atoms with Gasteiger partial charge >= 0.3 is 6.18 Å². The van der Waals surface area contributed by atoms with Crippen LogP contribution in [0.5, 0.6) is 0 Å². The molecule has 0 aliphatic rings. The zero-order valence-corrected chi connectivity index (χ0v) is 11.5. The number of hydrogen-bond donors (Lipinski definition) is 2. The zero-order valence-electron chi connectivity index (χ0n) is 11.5.